The van der Waals surface area contributed by atoms with Crippen LogP contribution in [-0.2, 0) is 20.8 Å². The second kappa shape index (κ2) is 10.5. The van der Waals surface area contributed by atoms with E-state index in [0.717, 1.165) is 23.2 Å². The van der Waals surface area contributed by atoms with E-state index in [4.69, 9.17) is 10.5 Å². The predicted octanol–water partition coefficient (Wildman–Crippen LogP) is 1.88. The van der Waals surface area contributed by atoms with Crippen LogP contribution in [0.5, 0.6) is 5.75 Å². The highest BCUT2D eigenvalue weighted by atomic mass is 16.5. The van der Waals surface area contributed by atoms with Gasteiger partial charge in [-0.25, -0.2) is 0 Å². The van der Waals surface area contributed by atoms with Gasteiger partial charge in [0.25, 0.3) is 5.91 Å². The molecule has 2 aromatic rings. The number of anilines is 1. The Kier molecular flexibility index (Phi) is 7.77. The summed E-state index contributed by atoms with van der Waals surface area (Å²) in [4.78, 5) is 34.6. The minimum Gasteiger partial charge on any atom is -0.484 e. The molecule has 28 heavy (non-hydrogen) atoms. The summed E-state index contributed by atoms with van der Waals surface area (Å²) in [6, 6.07) is 14.3. The highest BCUT2D eigenvalue weighted by Gasteiger charge is 2.06. The predicted molar refractivity (Wildman–Crippen MR) is 108 cm³/mol. The molecule has 4 N–H and O–H groups in total. The molecule has 7 nitrogen and oxygen atoms in total. The Bertz CT molecular complexity index is 860. The molecule has 2 aromatic carbocycles. The summed E-state index contributed by atoms with van der Waals surface area (Å²) < 4.78 is 5.16. The number of aryl methyl sites for hydroxylation is 1. The Labute approximate surface area is 163 Å². The van der Waals surface area contributed by atoms with Gasteiger partial charge in [-0.15, -0.1) is 0 Å². The third-order valence-corrected chi connectivity index (χ3v) is 3.78. The number of para-hydroxylation sites is 1. The van der Waals surface area contributed by atoms with Crippen molar-refractivity contribution in [1.29, 1.82) is 0 Å². The summed E-state index contributed by atoms with van der Waals surface area (Å²) in [7, 11) is 0. The van der Waals surface area contributed by atoms with E-state index in [0.29, 0.717) is 5.75 Å². The van der Waals surface area contributed by atoms with E-state index in [9.17, 15) is 14.4 Å². The van der Waals surface area contributed by atoms with Crippen molar-refractivity contribution in [2.24, 2.45) is 5.73 Å². The molecule has 0 unspecified atom stereocenters. The lowest BCUT2D eigenvalue weighted by atomic mass is 10.1. The van der Waals surface area contributed by atoms with Gasteiger partial charge in [0.15, 0.2) is 6.61 Å². The van der Waals surface area contributed by atoms with E-state index in [1.165, 1.54) is 6.08 Å². The number of amides is 3. The smallest absolute Gasteiger partial charge is 0.255 e. The first-order chi connectivity index (χ1) is 13.5. The summed E-state index contributed by atoms with van der Waals surface area (Å²) in [6.07, 6.45) is 3.75. The lowest BCUT2D eigenvalue weighted by Gasteiger charge is -2.09. The third kappa shape index (κ3) is 6.95. The summed E-state index contributed by atoms with van der Waals surface area (Å²) in [5.74, 6) is -0.723. The molecule has 0 radical (unpaired) electrons. The topological polar surface area (TPSA) is 111 Å². The maximum Gasteiger partial charge on any atom is 0.255 e. The van der Waals surface area contributed by atoms with E-state index in [-0.39, 0.29) is 25.0 Å². The summed E-state index contributed by atoms with van der Waals surface area (Å²) in [6.45, 7) is 1.69. The average molecular weight is 381 g/mol. The number of carbonyl (C=O) groups excluding carboxylic acids is 3. The second-order valence-corrected chi connectivity index (χ2v) is 5.93. The van der Waals surface area contributed by atoms with Gasteiger partial charge in [0.1, 0.15) is 5.75 Å². The largest absolute Gasteiger partial charge is 0.484 e. The Balaban J connectivity index is 1.80. The fraction of sp³-hybridized carbons (Fsp3) is 0.190. The highest BCUT2D eigenvalue weighted by Crippen LogP contribution is 2.15. The maximum absolute atomic E-state index is 12.0. The van der Waals surface area contributed by atoms with Crippen molar-refractivity contribution in [2.75, 3.05) is 18.5 Å². The molecule has 2 rings (SSSR count). The molecule has 0 bridgehead atoms. The molecular formula is C21H23N3O4. The lowest BCUT2D eigenvalue weighted by Crippen LogP contribution is -2.31. The number of hydrogen-bond donors (Lipinski definition) is 3. The van der Waals surface area contributed by atoms with Gasteiger partial charge in [-0.3, -0.25) is 14.4 Å². The van der Waals surface area contributed by atoms with E-state index in [1.54, 1.807) is 30.3 Å². The quantitative estimate of drug-likeness (QED) is 0.576. The van der Waals surface area contributed by atoms with Gasteiger partial charge >= 0.3 is 0 Å². The molecule has 0 heterocycles. The SMILES string of the molecule is CCc1ccccc1NC(=O)CNC(=O)/C=C/c1ccc(OCC(N)=O)cc1. The van der Waals surface area contributed by atoms with Crippen LogP contribution in [0.3, 0.4) is 0 Å². The maximum atomic E-state index is 12.0. The van der Waals surface area contributed by atoms with Crippen LogP contribution in [0.2, 0.25) is 0 Å². The Morgan fingerprint density at radius 2 is 1.79 bits per heavy atom. The molecular weight excluding hydrogens is 358 g/mol. The minimum atomic E-state index is -0.553. The van der Waals surface area contributed by atoms with Gasteiger partial charge in [-0.05, 0) is 41.8 Å². The monoisotopic (exact) mass is 381 g/mol. The fourth-order valence-electron chi connectivity index (χ4n) is 2.37. The molecule has 0 fully saturated rings. The Morgan fingerprint density at radius 3 is 2.46 bits per heavy atom. The number of hydrogen-bond acceptors (Lipinski definition) is 4. The van der Waals surface area contributed by atoms with Gasteiger partial charge < -0.3 is 21.1 Å². The molecule has 0 saturated heterocycles. The first-order valence-electron chi connectivity index (χ1n) is 8.82. The first-order valence-corrected chi connectivity index (χ1v) is 8.82. The van der Waals surface area contributed by atoms with Gasteiger partial charge in [-0.1, -0.05) is 37.3 Å². The number of primary amides is 1. The van der Waals surface area contributed by atoms with Crippen molar-refractivity contribution in [3.63, 3.8) is 0 Å². The Morgan fingerprint density at radius 1 is 1.07 bits per heavy atom. The van der Waals surface area contributed by atoms with Crippen LogP contribution in [0.4, 0.5) is 5.69 Å². The summed E-state index contributed by atoms with van der Waals surface area (Å²) in [5.41, 5.74) is 7.56. The van der Waals surface area contributed by atoms with Gasteiger partial charge in [0, 0.05) is 11.8 Å². The zero-order chi connectivity index (χ0) is 20.4. The minimum absolute atomic E-state index is 0.124. The number of benzene rings is 2. The Hall–Kier alpha value is -3.61. The van der Waals surface area contributed by atoms with E-state index >= 15 is 0 Å². The van der Waals surface area contributed by atoms with Crippen LogP contribution in [0.15, 0.2) is 54.6 Å². The number of carbonyl (C=O) groups is 3. The van der Waals surface area contributed by atoms with Crippen molar-refractivity contribution < 1.29 is 19.1 Å². The van der Waals surface area contributed by atoms with Crippen LogP contribution >= 0.6 is 0 Å². The van der Waals surface area contributed by atoms with Crippen molar-refractivity contribution in [3.05, 3.63) is 65.7 Å². The van der Waals surface area contributed by atoms with Crippen molar-refractivity contribution in [3.8, 4) is 5.75 Å². The highest BCUT2D eigenvalue weighted by molar-refractivity contribution is 5.98. The average Bonchev–Trinajstić information content (AvgIpc) is 2.70. The summed E-state index contributed by atoms with van der Waals surface area (Å²) >= 11 is 0. The van der Waals surface area contributed by atoms with Crippen LogP contribution in [0, 0.1) is 0 Å². The summed E-state index contributed by atoms with van der Waals surface area (Å²) in [5, 5.41) is 5.33. The molecule has 0 aliphatic heterocycles. The van der Waals surface area contributed by atoms with E-state index in [1.807, 2.05) is 31.2 Å². The van der Waals surface area contributed by atoms with Gasteiger partial charge in [0.05, 0.1) is 6.54 Å². The second-order valence-electron chi connectivity index (χ2n) is 5.93. The molecule has 0 aromatic heterocycles. The third-order valence-electron chi connectivity index (χ3n) is 3.78. The number of nitrogens with two attached hydrogens (primary N) is 1. The molecule has 0 aliphatic rings. The normalized spacial score (nSPS) is 10.5. The van der Waals surface area contributed by atoms with E-state index in [2.05, 4.69) is 10.6 Å². The van der Waals surface area contributed by atoms with Crippen LogP contribution in [0.25, 0.3) is 6.08 Å². The number of rotatable bonds is 9. The van der Waals surface area contributed by atoms with Crippen molar-refractivity contribution >= 4 is 29.5 Å². The zero-order valence-electron chi connectivity index (χ0n) is 15.6. The van der Waals surface area contributed by atoms with Crippen LogP contribution in [0.1, 0.15) is 18.1 Å². The molecule has 0 saturated carbocycles. The van der Waals surface area contributed by atoms with E-state index < -0.39 is 5.91 Å². The van der Waals surface area contributed by atoms with Crippen LogP contribution < -0.4 is 21.1 Å². The molecule has 0 aliphatic carbocycles. The standard InChI is InChI=1S/C21H23N3O4/c1-2-16-5-3-4-6-18(16)24-21(27)13-23-20(26)12-9-15-7-10-17(11-8-15)28-14-19(22)25/h3-12H,2,13-14H2,1H3,(H2,22,25)(H,23,26)(H,24,27)/b12-9+. The molecule has 3 amide bonds. The molecule has 146 valence electrons. The first kappa shape index (κ1) is 20.7. The van der Waals surface area contributed by atoms with Crippen molar-refractivity contribution in [1.82, 2.24) is 5.32 Å². The number of ether oxygens (including phenoxy) is 1. The molecule has 7 heteroatoms. The zero-order valence-corrected chi connectivity index (χ0v) is 15.6. The molecule has 0 atom stereocenters. The molecule has 0 spiro atoms. The number of nitrogens with one attached hydrogen (secondary N) is 2. The van der Waals surface area contributed by atoms with Gasteiger partial charge in [0.2, 0.25) is 11.8 Å². The van der Waals surface area contributed by atoms with Crippen molar-refractivity contribution in [2.45, 2.75) is 13.3 Å². The fourth-order valence-corrected chi connectivity index (χ4v) is 2.37. The van der Waals surface area contributed by atoms with Gasteiger partial charge in [-0.2, -0.15) is 0 Å². The lowest BCUT2D eigenvalue weighted by molar-refractivity contribution is -0.121. The van der Waals surface area contributed by atoms with Crippen LogP contribution in [-0.4, -0.2) is 30.9 Å².